The monoisotopic (exact) mass is 392 g/mol. The van der Waals surface area contributed by atoms with Crippen LogP contribution in [0.5, 0.6) is 0 Å². The van der Waals surface area contributed by atoms with E-state index in [9.17, 15) is 4.79 Å². The van der Waals surface area contributed by atoms with E-state index in [-0.39, 0.29) is 11.9 Å². The van der Waals surface area contributed by atoms with E-state index >= 15 is 0 Å². The summed E-state index contributed by atoms with van der Waals surface area (Å²) in [6, 6.07) is 12.5. The van der Waals surface area contributed by atoms with E-state index in [0.29, 0.717) is 12.2 Å². The summed E-state index contributed by atoms with van der Waals surface area (Å²) in [6.07, 6.45) is 8.58. The largest absolute Gasteiger partial charge is 0.385 e. The second-order valence-electron chi connectivity index (χ2n) is 7.67. The lowest BCUT2D eigenvalue weighted by Gasteiger charge is -2.35. The van der Waals surface area contributed by atoms with Gasteiger partial charge in [0.25, 0.3) is 5.91 Å². The van der Waals surface area contributed by atoms with E-state index < -0.39 is 0 Å². The molecule has 4 rings (SSSR count). The summed E-state index contributed by atoms with van der Waals surface area (Å²) in [4.78, 5) is 24.2. The molecule has 1 amide bonds. The number of aromatic nitrogens is 3. The van der Waals surface area contributed by atoms with Gasteiger partial charge in [0.1, 0.15) is 5.52 Å². The number of amides is 1. The number of carbonyl (C=O) groups excluding carboxylic acids is 1. The lowest BCUT2D eigenvalue weighted by Crippen LogP contribution is -2.44. The van der Waals surface area contributed by atoms with E-state index in [1.165, 1.54) is 12.0 Å². The molecule has 0 saturated carbocycles. The Morgan fingerprint density at radius 3 is 2.90 bits per heavy atom. The number of aryl methyl sites for hydroxylation is 2. The van der Waals surface area contributed by atoms with Gasteiger partial charge >= 0.3 is 0 Å². The average molecular weight is 393 g/mol. The molecule has 3 aromatic rings. The first-order valence-electron chi connectivity index (χ1n) is 10.4. The number of nitrogens with zero attached hydrogens (tertiary/aromatic N) is 4. The SMILES string of the molecule is COCCC1CCCCN1C(=O)c1cnc2c(c1)ncn2CCc1ccccc1. The minimum atomic E-state index is 0.0547. The minimum Gasteiger partial charge on any atom is -0.385 e. The number of ether oxygens (including phenoxy) is 1. The van der Waals surface area contributed by atoms with Crippen molar-refractivity contribution in [2.24, 2.45) is 0 Å². The number of benzene rings is 1. The van der Waals surface area contributed by atoms with Crippen LogP contribution in [-0.4, -0.2) is 51.6 Å². The van der Waals surface area contributed by atoms with E-state index in [1.807, 2.05) is 23.4 Å². The molecule has 0 aliphatic carbocycles. The number of piperidine rings is 1. The minimum absolute atomic E-state index is 0.0547. The van der Waals surface area contributed by atoms with Crippen molar-refractivity contribution >= 4 is 17.1 Å². The van der Waals surface area contributed by atoms with Crippen LogP contribution < -0.4 is 0 Å². The highest BCUT2D eigenvalue weighted by Crippen LogP contribution is 2.23. The molecule has 1 aliphatic rings. The van der Waals surface area contributed by atoms with Gasteiger partial charge in [-0.25, -0.2) is 9.97 Å². The molecule has 1 fully saturated rings. The van der Waals surface area contributed by atoms with Gasteiger partial charge in [0, 0.05) is 39.0 Å². The maximum absolute atomic E-state index is 13.1. The quantitative estimate of drug-likeness (QED) is 0.615. The summed E-state index contributed by atoms with van der Waals surface area (Å²) < 4.78 is 7.29. The van der Waals surface area contributed by atoms with Gasteiger partial charge in [0.15, 0.2) is 5.65 Å². The van der Waals surface area contributed by atoms with Crippen molar-refractivity contribution in [1.82, 2.24) is 19.4 Å². The van der Waals surface area contributed by atoms with E-state index in [1.54, 1.807) is 13.3 Å². The van der Waals surface area contributed by atoms with Crippen LogP contribution in [0.1, 0.15) is 41.6 Å². The molecule has 1 aromatic carbocycles. The van der Waals surface area contributed by atoms with E-state index in [4.69, 9.17) is 4.74 Å². The zero-order valence-electron chi connectivity index (χ0n) is 17.0. The number of hydrogen-bond acceptors (Lipinski definition) is 4. The van der Waals surface area contributed by atoms with Gasteiger partial charge in [-0.05, 0) is 43.7 Å². The van der Waals surface area contributed by atoms with Gasteiger partial charge in [-0.3, -0.25) is 4.79 Å². The van der Waals surface area contributed by atoms with Gasteiger partial charge in [-0.15, -0.1) is 0 Å². The predicted octanol–water partition coefficient (Wildman–Crippen LogP) is 3.71. The standard InChI is InChI=1S/C23H28N4O2/c1-29-14-11-20-9-5-6-12-27(20)23(28)19-15-21-22(24-16-19)26(17-25-21)13-10-18-7-3-2-4-8-18/h2-4,7-8,15-17,20H,5-6,9-14H2,1H3. The van der Waals surface area contributed by atoms with Crippen molar-refractivity contribution in [3.8, 4) is 0 Å². The second kappa shape index (κ2) is 9.18. The van der Waals surface area contributed by atoms with Crippen LogP contribution in [-0.2, 0) is 17.7 Å². The van der Waals surface area contributed by atoms with Crippen LogP contribution in [0.3, 0.4) is 0 Å². The third-order valence-corrected chi connectivity index (χ3v) is 5.73. The number of imidazole rings is 1. The van der Waals surface area contributed by atoms with E-state index in [2.05, 4.69) is 38.8 Å². The van der Waals surface area contributed by atoms with Crippen molar-refractivity contribution in [3.63, 3.8) is 0 Å². The fourth-order valence-corrected chi connectivity index (χ4v) is 4.11. The average Bonchev–Trinajstić information content (AvgIpc) is 3.19. The molecule has 152 valence electrons. The number of carbonyl (C=O) groups is 1. The molecule has 1 unspecified atom stereocenters. The number of methoxy groups -OCH3 is 1. The molecule has 0 bridgehead atoms. The Kier molecular flexibility index (Phi) is 6.20. The van der Waals surface area contributed by atoms with Crippen LogP contribution in [0, 0.1) is 0 Å². The van der Waals surface area contributed by atoms with Crippen molar-refractivity contribution in [2.75, 3.05) is 20.3 Å². The molecule has 0 spiro atoms. The Hall–Kier alpha value is -2.73. The molecule has 2 aromatic heterocycles. The zero-order valence-corrected chi connectivity index (χ0v) is 17.0. The normalized spacial score (nSPS) is 17.0. The molecule has 6 heteroatoms. The molecule has 1 saturated heterocycles. The Labute approximate surface area is 171 Å². The number of hydrogen-bond donors (Lipinski definition) is 0. The Balaban J connectivity index is 1.49. The summed E-state index contributed by atoms with van der Waals surface area (Å²) >= 11 is 0. The Morgan fingerprint density at radius 2 is 2.07 bits per heavy atom. The fraction of sp³-hybridized carbons (Fsp3) is 0.435. The third kappa shape index (κ3) is 4.48. The summed E-state index contributed by atoms with van der Waals surface area (Å²) in [6.45, 7) is 2.29. The highest BCUT2D eigenvalue weighted by atomic mass is 16.5. The summed E-state index contributed by atoms with van der Waals surface area (Å²) in [5.74, 6) is 0.0547. The third-order valence-electron chi connectivity index (χ3n) is 5.73. The summed E-state index contributed by atoms with van der Waals surface area (Å²) in [5.41, 5.74) is 3.50. The first-order chi connectivity index (χ1) is 14.3. The summed E-state index contributed by atoms with van der Waals surface area (Å²) in [5, 5.41) is 0. The maximum atomic E-state index is 13.1. The van der Waals surface area contributed by atoms with Crippen molar-refractivity contribution in [3.05, 3.63) is 60.0 Å². The number of fused-ring (bicyclic) bond motifs is 1. The highest BCUT2D eigenvalue weighted by molar-refractivity contribution is 5.96. The maximum Gasteiger partial charge on any atom is 0.255 e. The highest BCUT2D eigenvalue weighted by Gasteiger charge is 2.27. The number of pyridine rings is 1. The van der Waals surface area contributed by atoms with Gasteiger partial charge in [-0.2, -0.15) is 0 Å². The predicted molar refractivity (Wildman–Crippen MR) is 113 cm³/mol. The summed E-state index contributed by atoms with van der Waals surface area (Å²) in [7, 11) is 1.71. The molecule has 6 nitrogen and oxygen atoms in total. The topological polar surface area (TPSA) is 60.2 Å². The van der Waals surface area contributed by atoms with Crippen LogP contribution in [0.15, 0.2) is 48.9 Å². The van der Waals surface area contributed by atoms with Crippen LogP contribution in [0.2, 0.25) is 0 Å². The van der Waals surface area contributed by atoms with Crippen molar-refractivity contribution in [1.29, 1.82) is 0 Å². The zero-order chi connectivity index (χ0) is 20.1. The molecule has 29 heavy (non-hydrogen) atoms. The number of rotatable bonds is 7. The molecular formula is C23H28N4O2. The molecule has 0 N–H and O–H groups in total. The second-order valence-corrected chi connectivity index (χ2v) is 7.67. The smallest absolute Gasteiger partial charge is 0.255 e. The van der Waals surface area contributed by atoms with Crippen molar-refractivity contribution in [2.45, 2.75) is 44.7 Å². The van der Waals surface area contributed by atoms with Gasteiger partial charge < -0.3 is 14.2 Å². The molecule has 1 atom stereocenters. The number of likely N-dealkylation sites (tertiary alicyclic amines) is 1. The Bertz CT molecular complexity index is 954. The van der Waals surface area contributed by atoms with Crippen LogP contribution in [0.25, 0.3) is 11.2 Å². The van der Waals surface area contributed by atoms with Crippen molar-refractivity contribution < 1.29 is 9.53 Å². The first kappa shape index (κ1) is 19.6. The first-order valence-corrected chi connectivity index (χ1v) is 10.4. The van der Waals surface area contributed by atoms with Crippen LogP contribution >= 0.6 is 0 Å². The van der Waals surface area contributed by atoms with E-state index in [0.717, 1.165) is 49.9 Å². The lowest BCUT2D eigenvalue weighted by atomic mass is 9.98. The molecule has 1 aliphatic heterocycles. The van der Waals surface area contributed by atoms with Gasteiger partial charge in [-0.1, -0.05) is 30.3 Å². The molecular weight excluding hydrogens is 364 g/mol. The molecule has 0 radical (unpaired) electrons. The Morgan fingerprint density at radius 1 is 1.21 bits per heavy atom. The fourth-order valence-electron chi connectivity index (χ4n) is 4.11. The van der Waals surface area contributed by atoms with Gasteiger partial charge in [0.2, 0.25) is 0 Å². The van der Waals surface area contributed by atoms with Gasteiger partial charge in [0.05, 0.1) is 11.9 Å². The molecule has 3 heterocycles. The lowest BCUT2D eigenvalue weighted by molar-refractivity contribution is 0.0553. The van der Waals surface area contributed by atoms with Crippen LogP contribution in [0.4, 0.5) is 0 Å².